The Labute approximate surface area is 286 Å². The molecule has 0 aromatic heterocycles. The molecule has 0 saturated carbocycles. The van der Waals surface area contributed by atoms with Crippen molar-refractivity contribution in [2.75, 3.05) is 0 Å². The summed E-state index contributed by atoms with van der Waals surface area (Å²) < 4.78 is 0.177. The average molecular weight is 744 g/mol. The van der Waals surface area contributed by atoms with Gasteiger partial charge in [-0.2, -0.15) is 0 Å². The molecule has 0 amide bonds. The summed E-state index contributed by atoms with van der Waals surface area (Å²) in [5.74, 6) is -1.61. The van der Waals surface area contributed by atoms with Crippen LogP contribution < -0.4 is 0 Å². The van der Waals surface area contributed by atoms with Gasteiger partial charge in [0.1, 0.15) is 0 Å². The van der Waals surface area contributed by atoms with E-state index in [9.17, 15) is 0 Å². The van der Waals surface area contributed by atoms with E-state index in [1.165, 1.54) is 100 Å². The van der Waals surface area contributed by atoms with Crippen molar-refractivity contribution >= 4 is 35.1 Å². The van der Waals surface area contributed by atoms with Crippen LogP contribution in [0, 0.1) is 55.4 Å². The first-order chi connectivity index (χ1) is 21.5. The van der Waals surface area contributed by atoms with Crippen LogP contribution in [0.15, 0.2) is 59.7 Å². The maximum atomic E-state index is 8.57. The van der Waals surface area contributed by atoms with Gasteiger partial charge in [-0.15, -0.1) is 0 Å². The van der Waals surface area contributed by atoms with Crippen LogP contribution in [0.2, 0.25) is 13.1 Å². The number of fused-ring (bicyclic) bond motifs is 2. The van der Waals surface area contributed by atoms with Crippen LogP contribution in [-0.2, 0) is 15.6 Å². The molecule has 2 unspecified atom stereocenters. The van der Waals surface area contributed by atoms with E-state index in [0.29, 0.717) is 0 Å². The van der Waals surface area contributed by atoms with Crippen LogP contribution in [0.25, 0.3) is 34.4 Å². The van der Waals surface area contributed by atoms with Crippen molar-refractivity contribution in [1.29, 1.82) is 0 Å². The Balaban J connectivity index is 1.59. The van der Waals surface area contributed by atoms with E-state index in [-0.39, 0.29) is 7.25 Å². The normalized spacial score (nSPS) is 18.3. The molecule has 0 heterocycles. The third kappa shape index (κ3) is 4.75. The molecule has 4 heteroatoms. The Morgan fingerprint density at radius 2 is 0.848 bits per heavy atom. The first kappa shape index (κ1) is 33.9. The molecule has 0 saturated heterocycles. The summed E-state index contributed by atoms with van der Waals surface area (Å²) in [4.78, 5) is 0. The molecule has 239 valence electrons. The number of rotatable bonds is 5. The number of allylic oxidation sites excluding steroid dienone is 2. The number of halogens is 2. The third-order valence-corrected chi connectivity index (χ3v) is 64.3. The summed E-state index contributed by atoms with van der Waals surface area (Å²) in [5, 5.41) is 0. The zero-order valence-electron chi connectivity index (χ0n) is 29.8. The van der Waals surface area contributed by atoms with Crippen molar-refractivity contribution in [2.24, 2.45) is 0 Å². The maximum absolute atomic E-state index is 8.57. The Morgan fingerprint density at radius 3 is 1.15 bits per heavy atom. The van der Waals surface area contributed by atoms with Crippen molar-refractivity contribution in [3.8, 4) is 22.3 Å². The molecule has 0 spiro atoms. The predicted molar refractivity (Wildman–Crippen MR) is 205 cm³/mol. The van der Waals surface area contributed by atoms with Gasteiger partial charge in [-0.05, 0) is 0 Å². The van der Waals surface area contributed by atoms with Crippen LogP contribution >= 0.6 is 17.0 Å². The summed E-state index contributed by atoms with van der Waals surface area (Å²) in [6.07, 6.45) is 4.88. The van der Waals surface area contributed by atoms with Crippen LogP contribution in [0.5, 0.6) is 0 Å². The van der Waals surface area contributed by atoms with Gasteiger partial charge in [0.15, 0.2) is 0 Å². The molecule has 2 aliphatic carbocycles. The monoisotopic (exact) mass is 741 g/mol. The van der Waals surface area contributed by atoms with Crippen LogP contribution in [-0.4, -0.2) is 5.92 Å². The Morgan fingerprint density at radius 1 is 0.522 bits per heavy atom. The van der Waals surface area contributed by atoms with E-state index in [4.69, 9.17) is 17.0 Å². The summed E-state index contributed by atoms with van der Waals surface area (Å²) in [6.45, 7) is 27.5. The number of hydrogen-bond donors (Lipinski definition) is 0. The van der Waals surface area contributed by atoms with Crippen molar-refractivity contribution < 1.29 is 15.6 Å². The van der Waals surface area contributed by atoms with Crippen LogP contribution in [0.1, 0.15) is 87.9 Å². The molecular weight excluding hydrogens is 695 g/mol. The van der Waals surface area contributed by atoms with E-state index >= 15 is 0 Å². The molecule has 0 fully saturated rings. The van der Waals surface area contributed by atoms with Gasteiger partial charge in [-0.25, -0.2) is 0 Å². The zero-order chi connectivity index (χ0) is 33.6. The third-order valence-electron chi connectivity index (χ3n) is 12.0. The first-order valence-electron chi connectivity index (χ1n) is 16.9. The minimum absolute atomic E-state index is 0.0885. The average Bonchev–Trinajstić information content (AvgIpc) is 3.53. The quantitative estimate of drug-likeness (QED) is 0.179. The van der Waals surface area contributed by atoms with E-state index in [1.54, 1.807) is 0 Å². The van der Waals surface area contributed by atoms with Gasteiger partial charge in [-0.3, -0.25) is 0 Å². The summed E-state index contributed by atoms with van der Waals surface area (Å²) in [6, 6.07) is 18.5. The second kappa shape index (κ2) is 11.6. The second-order valence-corrected chi connectivity index (χ2v) is 57.4. The van der Waals surface area contributed by atoms with Gasteiger partial charge in [0.05, 0.1) is 0 Å². The van der Waals surface area contributed by atoms with Crippen molar-refractivity contribution in [2.45, 2.75) is 89.6 Å². The molecule has 0 N–H and O–H groups in total. The molecular formula is C42H49Cl2SiZr. The van der Waals surface area contributed by atoms with E-state index in [1.807, 2.05) is 0 Å². The van der Waals surface area contributed by atoms with E-state index in [2.05, 4.69) is 143 Å². The van der Waals surface area contributed by atoms with Gasteiger partial charge in [-0.1, -0.05) is 0 Å². The van der Waals surface area contributed by atoms with Gasteiger partial charge < -0.3 is 0 Å². The number of benzene rings is 4. The molecule has 4 aromatic rings. The van der Waals surface area contributed by atoms with Gasteiger partial charge in [0.25, 0.3) is 0 Å². The van der Waals surface area contributed by atoms with E-state index in [0.717, 1.165) is 0 Å². The number of hydrogen-bond acceptors (Lipinski definition) is 0. The first-order valence-corrected chi connectivity index (χ1v) is 33.2. The number of aryl methyl sites for hydroxylation is 4. The van der Waals surface area contributed by atoms with Gasteiger partial charge in [0.2, 0.25) is 0 Å². The van der Waals surface area contributed by atoms with Crippen molar-refractivity contribution in [3.05, 3.63) is 126 Å². The SMILES string of the molecule is CC1=Cc2c(-c3c(C)c(C)cc(C)c3C)cccc2[CH]1[Zr]([Cl])([Cl])([CH]1C(C)=Cc2c(-c3c(C)c(C)cc(C)c3C)cccc21)[SiH](C)C. The molecule has 0 nitrogen and oxygen atoms in total. The molecule has 0 bridgehead atoms. The Kier molecular flexibility index (Phi) is 8.54. The second-order valence-electron chi connectivity index (χ2n) is 14.9. The summed E-state index contributed by atoms with van der Waals surface area (Å²) in [5.41, 5.74) is 24.2. The van der Waals surface area contributed by atoms with Crippen molar-refractivity contribution in [3.63, 3.8) is 0 Å². The fraction of sp³-hybridized carbons (Fsp3) is 0.333. The zero-order valence-corrected chi connectivity index (χ0v) is 34.9. The van der Waals surface area contributed by atoms with E-state index < -0.39 is 21.5 Å². The molecule has 0 aliphatic heterocycles. The molecule has 46 heavy (non-hydrogen) atoms. The molecule has 2 atom stereocenters. The Hall–Kier alpha value is -1.96. The molecule has 4 aromatic carbocycles. The summed E-state index contributed by atoms with van der Waals surface area (Å²) in [7, 11) is 17.1. The predicted octanol–water partition coefficient (Wildman–Crippen LogP) is 13.1. The van der Waals surface area contributed by atoms with Crippen LogP contribution in [0.4, 0.5) is 0 Å². The Bertz CT molecular complexity index is 1840. The van der Waals surface area contributed by atoms with Gasteiger partial charge >= 0.3 is 289 Å². The molecule has 6 rings (SSSR count). The molecule has 0 radical (unpaired) electrons. The van der Waals surface area contributed by atoms with Crippen molar-refractivity contribution in [1.82, 2.24) is 0 Å². The fourth-order valence-corrected chi connectivity index (χ4v) is 42.0. The minimum atomic E-state index is -4.77. The van der Waals surface area contributed by atoms with Crippen LogP contribution in [0.3, 0.4) is 0 Å². The molecule has 2 aliphatic rings. The topological polar surface area (TPSA) is 0 Å². The summed E-state index contributed by atoms with van der Waals surface area (Å²) >= 11 is -4.77. The standard InChI is InChI=1S/2C20H21.C2H7Si.2ClH.Zr/c2*1-12-9-17-7-6-8-18(19(17)10-12)20-15(4)13(2)11-14(3)16(20)5;1-3-2;;;/h2*6-11H,1-5H3;3H,1-2H3;2*1H;/q;;;;;+2/p-2. The van der Waals surface area contributed by atoms with Gasteiger partial charge in [0, 0.05) is 0 Å². The fourth-order valence-electron chi connectivity index (χ4n) is 9.08.